The molecule has 12 N–H and O–H groups in total. The van der Waals surface area contributed by atoms with Gasteiger partial charge in [-0.05, 0) is 104 Å². The number of aliphatic hydroxyl groups is 12. The highest BCUT2D eigenvalue weighted by molar-refractivity contribution is 5.15. The van der Waals surface area contributed by atoms with Crippen molar-refractivity contribution in [2.75, 3.05) is 33.0 Å². The predicted octanol–water partition coefficient (Wildman–Crippen LogP) is -2.27. The zero-order valence-corrected chi connectivity index (χ0v) is 41.7. The van der Waals surface area contributed by atoms with E-state index in [0.717, 1.165) is 51.6 Å². The zero-order valence-electron chi connectivity index (χ0n) is 41.7. The Morgan fingerprint density at radius 3 is 1.82 bits per heavy atom. The molecule has 31 unspecified atom stereocenters. The summed E-state index contributed by atoms with van der Waals surface area (Å²) in [5.41, 5.74) is 0.299. The Morgan fingerprint density at radius 2 is 1.12 bits per heavy atom. The van der Waals surface area contributed by atoms with E-state index in [2.05, 4.69) is 27.7 Å². The van der Waals surface area contributed by atoms with E-state index in [1.54, 1.807) is 0 Å². The van der Waals surface area contributed by atoms with Crippen molar-refractivity contribution in [3.63, 3.8) is 0 Å². The number of fused-ring (bicyclic) bond motifs is 7. The van der Waals surface area contributed by atoms with Crippen LogP contribution < -0.4 is 0 Å². The second kappa shape index (κ2) is 21.1. The summed E-state index contributed by atoms with van der Waals surface area (Å²) in [5, 5.41) is 129. The third-order valence-corrected chi connectivity index (χ3v) is 20.0. The standard InChI is InChI=1S/C50H82O22/c1-20-7-12-50(64-18-20)21(2)32-28(72-50)14-26-24-6-5-22-13-23(8-10-48(22,3)25(24)9-11-49(26,32)4)65-45-39(61)36(58)41(30(16-52)67-45)70-47-43(71-46-38(60)35(57)34(56)29(15-51)66-46)40(62)42(31(17-53)68-47)69-44-37(59)33(55)27(54)19-63-44/h20-47,51-62H,5-19H2,1-4H3. The minimum atomic E-state index is -1.98. The van der Waals surface area contributed by atoms with Crippen molar-refractivity contribution in [1.29, 1.82) is 0 Å². The average molecular weight is 1040 g/mol. The van der Waals surface area contributed by atoms with Gasteiger partial charge in [0.05, 0.1) is 45.2 Å². The molecular weight excluding hydrogens is 953 g/mol. The van der Waals surface area contributed by atoms with Gasteiger partial charge in [-0.25, -0.2) is 0 Å². The Morgan fingerprint density at radius 1 is 0.514 bits per heavy atom. The molecule has 22 heteroatoms. The molecule has 0 aromatic heterocycles. The van der Waals surface area contributed by atoms with Gasteiger partial charge in [-0.15, -0.1) is 0 Å². The maximum absolute atomic E-state index is 11.9. The van der Waals surface area contributed by atoms with Crippen molar-refractivity contribution < 1.29 is 109 Å². The first kappa shape index (κ1) is 54.5. The van der Waals surface area contributed by atoms with Crippen LogP contribution in [0.4, 0.5) is 0 Å². The summed E-state index contributed by atoms with van der Waals surface area (Å²) in [4.78, 5) is 0. The van der Waals surface area contributed by atoms with E-state index in [-0.39, 0.29) is 23.0 Å². The molecule has 72 heavy (non-hydrogen) atoms. The second-order valence-electron chi connectivity index (χ2n) is 23.9. The van der Waals surface area contributed by atoms with Crippen molar-refractivity contribution in [3.05, 3.63) is 0 Å². The van der Waals surface area contributed by atoms with Crippen molar-refractivity contribution in [1.82, 2.24) is 0 Å². The Hall–Kier alpha value is -0.880. The van der Waals surface area contributed by atoms with Gasteiger partial charge in [-0.1, -0.05) is 27.7 Å². The van der Waals surface area contributed by atoms with E-state index in [1.165, 1.54) is 12.8 Å². The van der Waals surface area contributed by atoms with E-state index in [9.17, 15) is 61.3 Å². The fourth-order valence-electron chi connectivity index (χ4n) is 15.9. The van der Waals surface area contributed by atoms with Crippen LogP contribution in [0.2, 0.25) is 0 Å². The number of ether oxygens (including phenoxy) is 10. The number of aliphatic hydroxyl groups excluding tert-OH is 12. The summed E-state index contributed by atoms with van der Waals surface area (Å²) in [6.07, 6.45) is -22.5. The zero-order chi connectivity index (χ0) is 51.3. The first-order valence-corrected chi connectivity index (χ1v) is 26.7. The highest BCUT2D eigenvalue weighted by Gasteiger charge is 2.69. The summed E-state index contributed by atoms with van der Waals surface area (Å²) < 4.78 is 61.1. The topological polar surface area (TPSA) is 335 Å². The first-order chi connectivity index (χ1) is 34.3. The van der Waals surface area contributed by atoms with Gasteiger partial charge in [0.1, 0.15) is 91.6 Å². The molecule has 6 heterocycles. The average Bonchev–Trinajstić information content (AvgIpc) is 3.82. The predicted molar refractivity (Wildman–Crippen MR) is 242 cm³/mol. The third kappa shape index (κ3) is 9.26. The molecule has 31 atom stereocenters. The van der Waals surface area contributed by atoms with Gasteiger partial charge in [0.25, 0.3) is 0 Å². The normalized spacial score (nSPS) is 57.8. The fourth-order valence-corrected chi connectivity index (χ4v) is 15.9. The van der Waals surface area contributed by atoms with Gasteiger partial charge < -0.3 is 109 Å². The largest absolute Gasteiger partial charge is 0.394 e. The number of rotatable bonds is 11. The van der Waals surface area contributed by atoms with Crippen LogP contribution in [-0.4, -0.2) is 229 Å². The minimum Gasteiger partial charge on any atom is -0.394 e. The highest BCUT2D eigenvalue weighted by Crippen LogP contribution is 2.71. The molecule has 0 amide bonds. The molecule has 4 aliphatic carbocycles. The maximum atomic E-state index is 11.9. The summed E-state index contributed by atoms with van der Waals surface area (Å²) >= 11 is 0. The molecule has 0 aromatic carbocycles. The van der Waals surface area contributed by atoms with E-state index >= 15 is 0 Å². The first-order valence-electron chi connectivity index (χ1n) is 26.7. The molecule has 4 saturated carbocycles. The lowest BCUT2D eigenvalue weighted by Crippen LogP contribution is -2.68. The third-order valence-electron chi connectivity index (χ3n) is 20.0. The molecule has 414 valence electrons. The van der Waals surface area contributed by atoms with Crippen molar-refractivity contribution >= 4 is 0 Å². The van der Waals surface area contributed by atoms with Crippen LogP contribution in [0.5, 0.6) is 0 Å². The maximum Gasteiger partial charge on any atom is 0.187 e. The summed E-state index contributed by atoms with van der Waals surface area (Å²) in [5.74, 6) is 3.08. The van der Waals surface area contributed by atoms with Crippen molar-refractivity contribution in [2.45, 2.75) is 227 Å². The van der Waals surface area contributed by atoms with Gasteiger partial charge in [0, 0.05) is 12.3 Å². The van der Waals surface area contributed by atoms with Crippen LogP contribution in [0.1, 0.15) is 91.9 Å². The van der Waals surface area contributed by atoms with Gasteiger partial charge >= 0.3 is 0 Å². The lowest BCUT2D eigenvalue weighted by molar-refractivity contribution is -0.401. The van der Waals surface area contributed by atoms with Crippen molar-refractivity contribution in [3.8, 4) is 0 Å². The Kier molecular flexibility index (Phi) is 15.9. The van der Waals surface area contributed by atoms with Crippen LogP contribution in [0.3, 0.4) is 0 Å². The fraction of sp³-hybridized carbons (Fsp3) is 1.00. The Labute approximate surface area is 419 Å². The van der Waals surface area contributed by atoms with Crippen LogP contribution in [-0.2, 0) is 47.4 Å². The number of hydrogen-bond donors (Lipinski definition) is 12. The van der Waals surface area contributed by atoms with Gasteiger partial charge in [-0.3, -0.25) is 0 Å². The molecule has 10 fully saturated rings. The summed E-state index contributed by atoms with van der Waals surface area (Å²) in [7, 11) is 0. The summed E-state index contributed by atoms with van der Waals surface area (Å²) in [6, 6.07) is 0. The van der Waals surface area contributed by atoms with Crippen molar-refractivity contribution in [2.24, 2.45) is 52.3 Å². The van der Waals surface area contributed by atoms with Gasteiger partial charge in [0.15, 0.2) is 30.9 Å². The molecule has 6 aliphatic heterocycles. The molecule has 0 radical (unpaired) electrons. The van der Waals surface area contributed by atoms with Gasteiger partial charge in [-0.2, -0.15) is 0 Å². The summed E-state index contributed by atoms with van der Waals surface area (Å²) in [6.45, 7) is 7.48. The highest BCUT2D eigenvalue weighted by atomic mass is 16.8. The Balaban J connectivity index is 0.800. The van der Waals surface area contributed by atoms with E-state index in [1.807, 2.05) is 0 Å². The molecule has 10 aliphatic rings. The Bertz CT molecular complexity index is 1830. The number of hydrogen-bond acceptors (Lipinski definition) is 22. The molecular formula is C50H82O22. The van der Waals surface area contributed by atoms with Gasteiger partial charge in [0.2, 0.25) is 0 Å². The lowest BCUT2D eigenvalue weighted by Gasteiger charge is -2.61. The molecule has 10 rings (SSSR count). The molecule has 22 nitrogen and oxygen atoms in total. The molecule has 6 saturated heterocycles. The van der Waals surface area contributed by atoms with Crippen LogP contribution in [0, 0.1) is 52.3 Å². The SMILES string of the molecule is CC1CCC2(OC1)OC1CC3C4CCC5CC(OC6OC(CO)C(OC7OC(CO)C(OC8OCC(O)C(O)C8O)C(O)C7OC7OC(CO)C(O)C(O)C7O)C(O)C6O)CCC5(C)C4CCC3(C)C1C2C. The van der Waals surface area contributed by atoms with Crippen LogP contribution in [0.15, 0.2) is 0 Å². The second-order valence-corrected chi connectivity index (χ2v) is 23.9. The lowest BCUT2D eigenvalue weighted by atomic mass is 9.44. The molecule has 0 bridgehead atoms. The molecule has 0 aromatic rings. The van der Waals surface area contributed by atoms with E-state index < -0.39 is 149 Å². The van der Waals surface area contributed by atoms with E-state index in [0.29, 0.717) is 47.8 Å². The quantitative estimate of drug-likeness (QED) is 0.0971. The monoisotopic (exact) mass is 1030 g/mol. The minimum absolute atomic E-state index is 0.0957. The smallest absolute Gasteiger partial charge is 0.187 e. The van der Waals surface area contributed by atoms with Crippen LogP contribution >= 0.6 is 0 Å². The molecule has 1 spiro atoms. The van der Waals surface area contributed by atoms with Crippen LogP contribution in [0.25, 0.3) is 0 Å². The van der Waals surface area contributed by atoms with E-state index in [4.69, 9.17) is 47.4 Å².